The van der Waals surface area contributed by atoms with E-state index in [1.807, 2.05) is 13.2 Å². The van der Waals surface area contributed by atoms with Crippen LogP contribution in [-0.2, 0) is 12.8 Å². The molecule has 1 N–H and O–H groups in total. The lowest BCUT2D eigenvalue weighted by Crippen LogP contribution is -2.36. The fourth-order valence-corrected chi connectivity index (χ4v) is 2.71. The molecule has 0 bridgehead atoms. The van der Waals surface area contributed by atoms with E-state index >= 15 is 0 Å². The Morgan fingerprint density at radius 2 is 2.28 bits per heavy atom. The third kappa shape index (κ3) is 3.02. The summed E-state index contributed by atoms with van der Waals surface area (Å²) in [5.41, 5.74) is 3.00. The molecular formula is C15H25N3. The largest absolute Gasteiger partial charge is 0.355 e. The van der Waals surface area contributed by atoms with Crippen molar-refractivity contribution >= 4 is 5.82 Å². The molecule has 100 valence electrons. The van der Waals surface area contributed by atoms with Gasteiger partial charge in [-0.1, -0.05) is 13.8 Å². The predicted octanol–water partition coefficient (Wildman–Crippen LogP) is 2.25. The number of nitrogens with zero attached hydrogens (tertiary/aromatic N) is 2. The molecule has 1 aliphatic heterocycles. The number of nitrogens with one attached hydrogen (secondary N) is 1. The minimum absolute atomic E-state index is 0.712. The van der Waals surface area contributed by atoms with E-state index < -0.39 is 0 Å². The molecule has 1 aromatic heterocycles. The first-order valence-electron chi connectivity index (χ1n) is 7.08. The van der Waals surface area contributed by atoms with Crippen molar-refractivity contribution in [1.29, 1.82) is 0 Å². The van der Waals surface area contributed by atoms with Gasteiger partial charge in [0.2, 0.25) is 0 Å². The Morgan fingerprint density at radius 1 is 1.44 bits per heavy atom. The van der Waals surface area contributed by atoms with E-state index in [0.29, 0.717) is 5.92 Å². The summed E-state index contributed by atoms with van der Waals surface area (Å²) in [6.07, 6.45) is 5.60. The normalized spacial score (nSPS) is 15.0. The van der Waals surface area contributed by atoms with Gasteiger partial charge in [0.15, 0.2) is 0 Å². The topological polar surface area (TPSA) is 28.2 Å². The van der Waals surface area contributed by atoms with E-state index in [2.05, 4.69) is 35.1 Å². The first kappa shape index (κ1) is 13.3. The lowest BCUT2D eigenvalue weighted by Gasteiger charge is -2.31. The Hall–Kier alpha value is -1.09. The SMILES string of the molecule is CNCCN1CCCc2c(CC(C)C)ccnc21. The van der Waals surface area contributed by atoms with E-state index in [1.165, 1.54) is 36.2 Å². The van der Waals surface area contributed by atoms with Gasteiger partial charge in [0, 0.05) is 25.8 Å². The van der Waals surface area contributed by atoms with Gasteiger partial charge in [-0.15, -0.1) is 0 Å². The van der Waals surface area contributed by atoms with Gasteiger partial charge in [0.25, 0.3) is 0 Å². The lowest BCUT2D eigenvalue weighted by atomic mass is 9.94. The number of rotatable bonds is 5. The maximum absolute atomic E-state index is 4.62. The maximum atomic E-state index is 4.62. The van der Waals surface area contributed by atoms with Crippen LogP contribution in [0.1, 0.15) is 31.4 Å². The molecule has 0 saturated carbocycles. The standard InChI is InChI=1S/C15H25N3/c1-12(2)11-13-6-7-17-15-14(13)5-4-9-18(15)10-8-16-3/h6-7,12,16H,4-5,8-11H2,1-3H3. The van der Waals surface area contributed by atoms with Gasteiger partial charge >= 0.3 is 0 Å². The minimum atomic E-state index is 0.712. The summed E-state index contributed by atoms with van der Waals surface area (Å²) in [7, 11) is 2.01. The molecule has 0 amide bonds. The third-order valence-corrected chi connectivity index (χ3v) is 3.54. The highest BCUT2D eigenvalue weighted by molar-refractivity contribution is 5.52. The summed E-state index contributed by atoms with van der Waals surface area (Å²) in [6.45, 7) is 7.80. The van der Waals surface area contributed by atoms with Crippen molar-refractivity contribution in [2.45, 2.75) is 33.1 Å². The quantitative estimate of drug-likeness (QED) is 0.865. The predicted molar refractivity (Wildman–Crippen MR) is 77.2 cm³/mol. The molecule has 0 saturated heterocycles. The maximum Gasteiger partial charge on any atom is 0.132 e. The van der Waals surface area contributed by atoms with Crippen molar-refractivity contribution in [3.63, 3.8) is 0 Å². The lowest BCUT2D eigenvalue weighted by molar-refractivity contribution is 0.620. The van der Waals surface area contributed by atoms with Gasteiger partial charge < -0.3 is 10.2 Å². The molecule has 1 aromatic rings. The second kappa shape index (κ2) is 6.19. The van der Waals surface area contributed by atoms with E-state index in [4.69, 9.17) is 0 Å². The number of likely N-dealkylation sites (N-methyl/N-ethyl adjacent to an activating group) is 1. The van der Waals surface area contributed by atoms with E-state index in [9.17, 15) is 0 Å². The number of pyridine rings is 1. The fraction of sp³-hybridized carbons (Fsp3) is 0.667. The third-order valence-electron chi connectivity index (χ3n) is 3.54. The van der Waals surface area contributed by atoms with Crippen LogP contribution in [0.2, 0.25) is 0 Å². The molecule has 1 aliphatic rings. The Bertz CT molecular complexity index is 387. The Labute approximate surface area is 111 Å². The van der Waals surface area contributed by atoms with Gasteiger partial charge in [-0.3, -0.25) is 0 Å². The van der Waals surface area contributed by atoms with E-state index in [0.717, 1.165) is 19.6 Å². The molecule has 0 spiro atoms. The summed E-state index contributed by atoms with van der Waals surface area (Å²) in [5, 5.41) is 3.22. The molecule has 2 rings (SSSR count). The molecule has 0 radical (unpaired) electrons. The Balaban J connectivity index is 2.22. The molecule has 3 heteroatoms. The van der Waals surface area contributed by atoms with Gasteiger partial charge in [-0.05, 0) is 49.4 Å². The molecule has 18 heavy (non-hydrogen) atoms. The highest BCUT2D eigenvalue weighted by Gasteiger charge is 2.20. The van der Waals surface area contributed by atoms with Crippen molar-refractivity contribution in [1.82, 2.24) is 10.3 Å². The molecule has 0 unspecified atom stereocenters. The van der Waals surface area contributed by atoms with Crippen molar-refractivity contribution in [2.75, 3.05) is 31.6 Å². The van der Waals surface area contributed by atoms with Crippen LogP contribution in [0.25, 0.3) is 0 Å². The summed E-state index contributed by atoms with van der Waals surface area (Å²) in [6, 6.07) is 2.21. The summed E-state index contributed by atoms with van der Waals surface area (Å²) >= 11 is 0. The van der Waals surface area contributed by atoms with Gasteiger partial charge in [0.1, 0.15) is 5.82 Å². The minimum Gasteiger partial charge on any atom is -0.355 e. The molecule has 2 heterocycles. The zero-order valence-electron chi connectivity index (χ0n) is 11.9. The molecule has 0 atom stereocenters. The van der Waals surface area contributed by atoms with Crippen molar-refractivity contribution < 1.29 is 0 Å². The van der Waals surface area contributed by atoms with Crippen LogP contribution in [0.15, 0.2) is 12.3 Å². The number of hydrogen-bond donors (Lipinski definition) is 1. The average Bonchev–Trinajstić information content (AvgIpc) is 2.36. The number of aromatic nitrogens is 1. The van der Waals surface area contributed by atoms with Gasteiger partial charge in [0.05, 0.1) is 0 Å². The number of fused-ring (bicyclic) bond motifs is 1. The second-order valence-corrected chi connectivity index (χ2v) is 5.56. The smallest absolute Gasteiger partial charge is 0.132 e. The number of anilines is 1. The highest BCUT2D eigenvalue weighted by atomic mass is 15.2. The first-order valence-corrected chi connectivity index (χ1v) is 7.08. The number of hydrogen-bond acceptors (Lipinski definition) is 3. The van der Waals surface area contributed by atoms with Crippen LogP contribution in [0.3, 0.4) is 0 Å². The average molecular weight is 247 g/mol. The van der Waals surface area contributed by atoms with Crippen LogP contribution in [0.4, 0.5) is 5.82 Å². The Kier molecular flexibility index (Phi) is 4.59. The summed E-state index contributed by atoms with van der Waals surface area (Å²) in [5.74, 6) is 1.94. The molecule has 0 fully saturated rings. The van der Waals surface area contributed by atoms with Crippen LogP contribution in [0, 0.1) is 5.92 Å². The van der Waals surface area contributed by atoms with E-state index in [1.54, 1.807) is 0 Å². The van der Waals surface area contributed by atoms with Crippen LogP contribution in [0.5, 0.6) is 0 Å². The monoisotopic (exact) mass is 247 g/mol. The molecular weight excluding hydrogens is 222 g/mol. The second-order valence-electron chi connectivity index (χ2n) is 5.56. The van der Waals surface area contributed by atoms with Gasteiger partial charge in [-0.25, -0.2) is 4.98 Å². The van der Waals surface area contributed by atoms with Crippen molar-refractivity contribution in [2.24, 2.45) is 5.92 Å². The molecule has 0 aliphatic carbocycles. The van der Waals surface area contributed by atoms with E-state index in [-0.39, 0.29) is 0 Å². The van der Waals surface area contributed by atoms with Crippen LogP contribution >= 0.6 is 0 Å². The van der Waals surface area contributed by atoms with Crippen LogP contribution < -0.4 is 10.2 Å². The zero-order valence-corrected chi connectivity index (χ0v) is 11.9. The Morgan fingerprint density at radius 3 is 3.00 bits per heavy atom. The first-order chi connectivity index (χ1) is 8.72. The summed E-state index contributed by atoms with van der Waals surface area (Å²) in [4.78, 5) is 7.05. The van der Waals surface area contributed by atoms with Crippen LogP contribution in [-0.4, -0.2) is 31.7 Å². The zero-order chi connectivity index (χ0) is 13.0. The fourth-order valence-electron chi connectivity index (χ4n) is 2.71. The van der Waals surface area contributed by atoms with Crippen molar-refractivity contribution in [3.8, 4) is 0 Å². The highest BCUT2D eigenvalue weighted by Crippen LogP contribution is 2.28. The van der Waals surface area contributed by atoms with Crippen molar-refractivity contribution in [3.05, 3.63) is 23.4 Å². The molecule has 0 aromatic carbocycles. The molecule has 3 nitrogen and oxygen atoms in total. The van der Waals surface area contributed by atoms with Gasteiger partial charge in [-0.2, -0.15) is 0 Å². The summed E-state index contributed by atoms with van der Waals surface area (Å²) < 4.78 is 0.